The van der Waals surface area contributed by atoms with E-state index < -0.39 is 0 Å². The van der Waals surface area contributed by atoms with Crippen LogP contribution in [-0.2, 0) is 0 Å². The summed E-state index contributed by atoms with van der Waals surface area (Å²) in [6.45, 7) is 8.79. The fourth-order valence-electron chi connectivity index (χ4n) is 2.39. The number of rotatable bonds is 5. The lowest BCUT2D eigenvalue weighted by Crippen LogP contribution is -2.12. The molecule has 0 unspecified atom stereocenters. The molecule has 0 spiro atoms. The second-order valence-corrected chi connectivity index (χ2v) is 6.02. The maximum absolute atomic E-state index is 6.05. The van der Waals surface area contributed by atoms with Crippen molar-refractivity contribution < 1.29 is 0 Å². The zero-order valence-electron chi connectivity index (χ0n) is 13.4. The van der Waals surface area contributed by atoms with E-state index in [-0.39, 0.29) is 5.41 Å². The molecule has 0 radical (unpaired) electrons. The maximum Gasteiger partial charge on any atom is 0.156 e. The summed E-state index contributed by atoms with van der Waals surface area (Å²) in [4.78, 5) is 8.83. The lowest BCUT2D eigenvalue weighted by Gasteiger charge is -2.21. The number of nitrogens with two attached hydrogens (primary N) is 1. The summed E-state index contributed by atoms with van der Waals surface area (Å²) in [7, 11) is 1.76. The normalized spacial score (nSPS) is 13.2. The number of aryl methyl sites for hydroxylation is 1. The highest BCUT2D eigenvalue weighted by Gasteiger charge is 2.15. The highest BCUT2D eigenvalue weighted by Crippen LogP contribution is 2.25. The summed E-state index contributed by atoms with van der Waals surface area (Å²) in [5.74, 6) is 0.716. The van der Waals surface area contributed by atoms with Gasteiger partial charge in [0, 0.05) is 24.5 Å². The molecule has 1 aromatic carbocycles. The van der Waals surface area contributed by atoms with Crippen LogP contribution in [0.25, 0.3) is 0 Å². The van der Waals surface area contributed by atoms with Gasteiger partial charge in [-0.05, 0) is 36.8 Å². The van der Waals surface area contributed by atoms with Crippen molar-refractivity contribution in [2.24, 2.45) is 15.4 Å². The first-order valence-electron chi connectivity index (χ1n) is 7.26. The average molecular weight is 273 g/mol. The number of amidine groups is 1. The summed E-state index contributed by atoms with van der Waals surface area (Å²) in [6.07, 6.45) is 5.32. The van der Waals surface area contributed by atoms with Crippen LogP contribution in [0.15, 0.2) is 28.2 Å². The third kappa shape index (κ3) is 4.48. The van der Waals surface area contributed by atoms with E-state index in [1.807, 2.05) is 31.3 Å². The molecule has 0 amide bonds. The monoisotopic (exact) mass is 273 g/mol. The molecule has 0 aliphatic heterocycles. The lowest BCUT2D eigenvalue weighted by atomic mass is 9.85. The molecule has 0 bridgehead atoms. The Balaban J connectivity index is 2.89. The largest absolute Gasteiger partial charge is 0.398 e. The first kappa shape index (κ1) is 16.4. The van der Waals surface area contributed by atoms with Gasteiger partial charge in [0.25, 0.3) is 0 Å². The van der Waals surface area contributed by atoms with E-state index in [0.717, 1.165) is 23.2 Å². The first-order valence-corrected chi connectivity index (χ1v) is 7.26. The first-order chi connectivity index (χ1) is 9.41. The zero-order valence-corrected chi connectivity index (χ0v) is 13.4. The van der Waals surface area contributed by atoms with Crippen LogP contribution in [0.1, 0.15) is 51.2 Å². The quantitative estimate of drug-likeness (QED) is 0.487. The van der Waals surface area contributed by atoms with Crippen LogP contribution >= 0.6 is 0 Å². The second-order valence-electron chi connectivity index (χ2n) is 6.02. The number of nitrogens with zero attached hydrogens (tertiary/aromatic N) is 2. The zero-order chi connectivity index (χ0) is 15.2. The third-order valence-electron chi connectivity index (χ3n) is 3.52. The van der Waals surface area contributed by atoms with E-state index in [1.165, 1.54) is 12.8 Å². The lowest BCUT2D eigenvalue weighted by molar-refractivity contribution is 0.349. The van der Waals surface area contributed by atoms with Crippen molar-refractivity contribution >= 4 is 17.7 Å². The van der Waals surface area contributed by atoms with Crippen molar-refractivity contribution in [2.75, 3.05) is 12.8 Å². The SMILES string of the molecule is CCCC(C)(C)CC=NC(=NC)c1c(C)cccc1N. The molecule has 0 fully saturated rings. The van der Waals surface area contributed by atoms with Crippen LogP contribution in [-0.4, -0.2) is 19.1 Å². The molecular formula is C17H27N3. The average Bonchev–Trinajstić information content (AvgIpc) is 2.36. The fraction of sp³-hybridized carbons (Fsp3) is 0.529. The summed E-state index contributed by atoms with van der Waals surface area (Å²) < 4.78 is 0. The van der Waals surface area contributed by atoms with Gasteiger partial charge in [0.15, 0.2) is 5.84 Å². The smallest absolute Gasteiger partial charge is 0.156 e. The molecule has 2 N–H and O–H groups in total. The molecule has 1 rings (SSSR count). The summed E-state index contributed by atoms with van der Waals surface area (Å²) in [6, 6.07) is 5.88. The molecule has 3 heteroatoms. The van der Waals surface area contributed by atoms with Crippen LogP contribution in [0.5, 0.6) is 0 Å². The number of nitrogen functional groups attached to an aromatic ring is 1. The Morgan fingerprint density at radius 1 is 1.35 bits per heavy atom. The molecule has 0 aromatic heterocycles. The van der Waals surface area contributed by atoms with Gasteiger partial charge in [-0.1, -0.05) is 39.3 Å². The van der Waals surface area contributed by atoms with Gasteiger partial charge in [-0.25, -0.2) is 4.99 Å². The Hall–Kier alpha value is -1.64. The molecule has 3 nitrogen and oxygen atoms in total. The van der Waals surface area contributed by atoms with Crippen LogP contribution < -0.4 is 5.73 Å². The third-order valence-corrected chi connectivity index (χ3v) is 3.52. The van der Waals surface area contributed by atoms with E-state index in [9.17, 15) is 0 Å². The molecule has 110 valence electrons. The van der Waals surface area contributed by atoms with Gasteiger partial charge < -0.3 is 5.73 Å². The number of hydrogen-bond acceptors (Lipinski definition) is 2. The van der Waals surface area contributed by atoms with Crippen molar-refractivity contribution in [1.82, 2.24) is 0 Å². The predicted molar refractivity (Wildman–Crippen MR) is 89.9 cm³/mol. The van der Waals surface area contributed by atoms with Gasteiger partial charge >= 0.3 is 0 Å². The van der Waals surface area contributed by atoms with Gasteiger partial charge in [-0.2, -0.15) is 0 Å². The number of aliphatic imine (C=N–C) groups is 2. The standard InChI is InChI=1S/C17H27N3/c1-6-10-17(3,4)11-12-20-16(19-5)15-13(2)8-7-9-14(15)18/h7-9,12H,6,10-11,18H2,1-5H3. The van der Waals surface area contributed by atoms with Crippen molar-refractivity contribution in [3.8, 4) is 0 Å². The van der Waals surface area contributed by atoms with Gasteiger partial charge in [0.1, 0.15) is 0 Å². The van der Waals surface area contributed by atoms with Crippen LogP contribution in [0.2, 0.25) is 0 Å². The molecule has 0 heterocycles. The van der Waals surface area contributed by atoms with Crippen molar-refractivity contribution in [2.45, 2.75) is 47.0 Å². The molecule has 1 aromatic rings. The minimum atomic E-state index is 0.286. The Morgan fingerprint density at radius 2 is 2.05 bits per heavy atom. The van der Waals surface area contributed by atoms with E-state index in [4.69, 9.17) is 5.73 Å². The molecule has 20 heavy (non-hydrogen) atoms. The van der Waals surface area contributed by atoms with Gasteiger partial charge in [0.2, 0.25) is 0 Å². The second kappa shape index (κ2) is 7.22. The Labute approximate surface area is 123 Å². The molecular weight excluding hydrogens is 246 g/mol. The van der Waals surface area contributed by atoms with E-state index in [2.05, 4.69) is 30.8 Å². The number of anilines is 1. The molecule has 0 aliphatic carbocycles. The van der Waals surface area contributed by atoms with Gasteiger partial charge in [-0.3, -0.25) is 4.99 Å². The number of benzene rings is 1. The van der Waals surface area contributed by atoms with E-state index >= 15 is 0 Å². The van der Waals surface area contributed by atoms with Crippen LogP contribution in [0.3, 0.4) is 0 Å². The molecule has 0 saturated heterocycles. The van der Waals surface area contributed by atoms with Crippen molar-refractivity contribution in [3.63, 3.8) is 0 Å². The predicted octanol–water partition coefficient (Wildman–Crippen LogP) is 4.24. The van der Waals surface area contributed by atoms with Crippen LogP contribution in [0, 0.1) is 12.3 Å². The Kier molecular flexibility index (Phi) is 5.93. The molecule has 0 atom stereocenters. The highest BCUT2D eigenvalue weighted by atomic mass is 14.9. The minimum Gasteiger partial charge on any atom is -0.398 e. The number of hydrogen-bond donors (Lipinski definition) is 1. The van der Waals surface area contributed by atoms with Gasteiger partial charge in [-0.15, -0.1) is 0 Å². The van der Waals surface area contributed by atoms with Crippen molar-refractivity contribution in [1.29, 1.82) is 0 Å². The van der Waals surface area contributed by atoms with E-state index in [1.54, 1.807) is 7.05 Å². The Bertz CT molecular complexity index is 479. The summed E-state index contributed by atoms with van der Waals surface area (Å²) in [5, 5.41) is 0. The summed E-state index contributed by atoms with van der Waals surface area (Å²) in [5.41, 5.74) is 9.12. The van der Waals surface area contributed by atoms with E-state index in [0.29, 0.717) is 5.84 Å². The molecule has 0 saturated carbocycles. The Morgan fingerprint density at radius 3 is 2.60 bits per heavy atom. The van der Waals surface area contributed by atoms with Gasteiger partial charge in [0.05, 0.1) is 0 Å². The maximum atomic E-state index is 6.05. The topological polar surface area (TPSA) is 50.7 Å². The summed E-state index contributed by atoms with van der Waals surface area (Å²) >= 11 is 0. The fourth-order valence-corrected chi connectivity index (χ4v) is 2.39. The van der Waals surface area contributed by atoms with Crippen LogP contribution in [0.4, 0.5) is 5.69 Å². The molecule has 0 aliphatic rings. The highest BCUT2D eigenvalue weighted by molar-refractivity contribution is 6.07. The van der Waals surface area contributed by atoms with Crippen molar-refractivity contribution in [3.05, 3.63) is 29.3 Å². The minimum absolute atomic E-state index is 0.286.